The van der Waals surface area contributed by atoms with Crippen molar-refractivity contribution < 1.29 is 14.3 Å². The molecular weight excluding hydrogens is 338 g/mol. The number of hydrogen-bond donors (Lipinski definition) is 1. The van der Waals surface area contributed by atoms with Gasteiger partial charge in [0.15, 0.2) is 6.10 Å². The lowest BCUT2D eigenvalue weighted by Gasteiger charge is -2.19. The number of hydrogen-bond acceptors (Lipinski definition) is 3. The van der Waals surface area contributed by atoms with Gasteiger partial charge in [0.1, 0.15) is 11.5 Å². The summed E-state index contributed by atoms with van der Waals surface area (Å²) >= 11 is 0. The highest BCUT2D eigenvalue weighted by atomic mass is 16.5. The van der Waals surface area contributed by atoms with E-state index in [0.717, 1.165) is 35.5 Å². The predicted molar refractivity (Wildman–Crippen MR) is 110 cm³/mol. The summed E-state index contributed by atoms with van der Waals surface area (Å²) in [5.74, 6) is 1.63. The molecular formula is C23H31NO3. The van der Waals surface area contributed by atoms with Crippen molar-refractivity contribution in [1.82, 2.24) is 5.32 Å². The number of benzene rings is 2. The Morgan fingerprint density at radius 1 is 1.07 bits per heavy atom. The van der Waals surface area contributed by atoms with E-state index >= 15 is 0 Å². The van der Waals surface area contributed by atoms with Crippen molar-refractivity contribution in [3.05, 3.63) is 59.2 Å². The second kappa shape index (κ2) is 10.6. The monoisotopic (exact) mass is 369 g/mol. The van der Waals surface area contributed by atoms with Gasteiger partial charge in [-0.15, -0.1) is 0 Å². The molecule has 27 heavy (non-hydrogen) atoms. The van der Waals surface area contributed by atoms with Crippen molar-refractivity contribution in [2.45, 2.75) is 53.1 Å². The van der Waals surface area contributed by atoms with Crippen LogP contribution in [0.3, 0.4) is 0 Å². The summed E-state index contributed by atoms with van der Waals surface area (Å²) in [7, 11) is 0. The van der Waals surface area contributed by atoms with Crippen LogP contribution in [0, 0.1) is 13.8 Å². The van der Waals surface area contributed by atoms with Crippen LogP contribution in [0.4, 0.5) is 0 Å². The molecule has 1 amide bonds. The third kappa shape index (κ3) is 6.63. The average Bonchev–Trinajstić information content (AvgIpc) is 2.67. The molecule has 146 valence electrons. The van der Waals surface area contributed by atoms with Crippen LogP contribution < -0.4 is 14.8 Å². The molecule has 0 bridgehead atoms. The Kier molecular flexibility index (Phi) is 8.18. The minimum atomic E-state index is -0.462. The molecule has 0 saturated carbocycles. The summed E-state index contributed by atoms with van der Waals surface area (Å²) in [5.41, 5.74) is 3.41. The SMILES string of the molecule is CCOc1ccc(CCCNC(=O)C(CC)Oc2cc(C)ccc2C)cc1. The van der Waals surface area contributed by atoms with E-state index in [1.807, 2.05) is 58.0 Å². The lowest BCUT2D eigenvalue weighted by atomic mass is 10.1. The summed E-state index contributed by atoms with van der Waals surface area (Å²) < 4.78 is 11.4. The van der Waals surface area contributed by atoms with Crippen LogP contribution in [0.1, 0.15) is 43.4 Å². The number of aryl methyl sites for hydroxylation is 3. The number of nitrogens with one attached hydrogen (secondary N) is 1. The fourth-order valence-electron chi connectivity index (χ4n) is 2.85. The van der Waals surface area contributed by atoms with E-state index in [4.69, 9.17) is 9.47 Å². The fourth-order valence-corrected chi connectivity index (χ4v) is 2.85. The first-order valence-electron chi connectivity index (χ1n) is 9.76. The Morgan fingerprint density at radius 2 is 1.81 bits per heavy atom. The zero-order valence-electron chi connectivity index (χ0n) is 16.9. The molecule has 2 aromatic carbocycles. The second-order valence-corrected chi connectivity index (χ2v) is 6.76. The van der Waals surface area contributed by atoms with Crippen LogP contribution in [0.5, 0.6) is 11.5 Å². The van der Waals surface area contributed by atoms with Gasteiger partial charge in [0.25, 0.3) is 5.91 Å². The van der Waals surface area contributed by atoms with Crippen LogP contribution in [0.25, 0.3) is 0 Å². The summed E-state index contributed by atoms with van der Waals surface area (Å²) in [4.78, 5) is 12.5. The van der Waals surface area contributed by atoms with Crippen LogP contribution in [-0.2, 0) is 11.2 Å². The maximum absolute atomic E-state index is 12.5. The molecule has 2 aromatic rings. The Labute approximate surface area is 162 Å². The van der Waals surface area contributed by atoms with Crippen LogP contribution in [-0.4, -0.2) is 25.2 Å². The van der Waals surface area contributed by atoms with Gasteiger partial charge in [-0.2, -0.15) is 0 Å². The molecule has 0 heterocycles. The zero-order valence-corrected chi connectivity index (χ0v) is 16.9. The molecule has 0 aliphatic carbocycles. The van der Waals surface area contributed by atoms with Gasteiger partial charge in [-0.05, 0) is 74.9 Å². The van der Waals surface area contributed by atoms with Gasteiger partial charge in [0.05, 0.1) is 6.61 Å². The van der Waals surface area contributed by atoms with Gasteiger partial charge < -0.3 is 14.8 Å². The molecule has 0 aliphatic heterocycles. The molecule has 2 rings (SSSR count). The van der Waals surface area contributed by atoms with Gasteiger partial charge in [-0.25, -0.2) is 0 Å². The molecule has 4 heteroatoms. The van der Waals surface area contributed by atoms with Gasteiger partial charge in [0, 0.05) is 6.54 Å². The average molecular weight is 370 g/mol. The van der Waals surface area contributed by atoms with E-state index in [1.165, 1.54) is 5.56 Å². The van der Waals surface area contributed by atoms with Crippen molar-refractivity contribution >= 4 is 5.91 Å². The highest BCUT2D eigenvalue weighted by molar-refractivity contribution is 5.81. The first-order chi connectivity index (χ1) is 13.0. The Balaban J connectivity index is 1.78. The molecule has 0 spiro atoms. The summed E-state index contributed by atoms with van der Waals surface area (Å²) in [5, 5.41) is 3.00. The first kappa shape index (κ1) is 20.8. The number of amides is 1. The maximum atomic E-state index is 12.5. The summed E-state index contributed by atoms with van der Waals surface area (Å²) in [6.45, 7) is 9.27. The third-order valence-electron chi connectivity index (χ3n) is 4.45. The molecule has 0 radical (unpaired) electrons. The zero-order chi connectivity index (χ0) is 19.6. The van der Waals surface area contributed by atoms with Crippen LogP contribution in [0.2, 0.25) is 0 Å². The van der Waals surface area contributed by atoms with Gasteiger partial charge >= 0.3 is 0 Å². The molecule has 4 nitrogen and oxygen atoms in total. The third-order valence-corrected chi connectivity index (χ3v) is 4.45. The number of carbonyl (C=O) groups is 1. The van der Waals surface area contributed by atoms with E-state index in [0.29, 0.717) is 19.6 Å². The molecule has 0 aromatic heterocycles. The minimum absolute atomic E-state index is 0.0508. The second-order valence-electron chi connectivity index (χ2n) is 6.76. The maximum Gasteiger partial charge on any atom is 0.261 e. The van der Waals surface area contributed by atoms with Gasteiger partial charge in [-0.3, -0.25) is 4.79 Å². The lowest BCUT2D eigenvalue weighted by Crippen LogP contribution is -2.38. The Hall–Kier alpha value is -2.49. The molecule has 1 N–H and O–H groups in total. The predicted octanol–water partition coefficient (Wildman–Crippen LogP) is 4.61. The number of ether oxygens (including phenoxy) is 2. The van der Waals surface area contributed by atoms with Crippen LogP contribution >= 0.6 is 0 Å². The fraction of sp³-hybridized carbons (Fsp3) is 0.435. The number of carbonyl (C=O) groups excluding carboxylic acids is 1. The van der Waals surface area contributed by atoms with Crippen molar-refractivity contribution in [3.8, 4) is 11.5 Å². The number of rotatable bonds is 10. The summed E-state index contributed by atoms with van der Waals surface area (Å²) in [6.07, 6.45) is 1.98. The molecule has 0 aliphatic rings. The normalized spacial score (nSPS) is 11.7. The molecule has 0 saturated heterocycles. The van der Waals surface area contributed by atoms with E-state index < -0.39 is 6.10 Å². The van der Waals surface area contributed by atoms with E-state index in [1.54, 1.807) is 0 Å². The minimum Gasteiger partial charge on any atom is -0.494 e. The van der Waals surface area contributed by atoms with Crippen molar-refractivity contribution in [3.63, 3.8) is 0 Å². The molecule has 0 fully saturated rings. The highest BCUT2D eigenvalue weighted by Crippen LogP contribution is 2.21. The largest absolute Gasteiger partial charge is 0.494 e. The molecule has 1 atom stereocenters. The lowest BCUT2D eigenvalue weighted by molar-refractivity contribution is -0.128. The smallest absolute Gasteiger partial charge is 0.261 e. The van der Waals surface area contributed by atoms with E-state index in [9.17, 15) is 4.79 Å². The molecule has 1 unspecified atom stereocenters. The topological polar surface area (TPSA) is 47.6 Å². The Bertz CT molecular complexity index is 725. The van der Waals surface area contributed by atoms with E-state index in [-0.39, 0.29) is 5.91 Å². The van der Waals surface area contributed by atoms with Crippen LogP contribution in [0.15, 0.2) is 42.5 Å². The quantitative estimate of drug-likeness (QED) is 0.622. The van der Waals surface area contributed by atoms with Crippen molar-refractivity contribution in [2.24, 2.45) is 0 Å². The summed E-state index contributed by atoms with van der Waals surface area (Å²) in [6, 6.07) is 14.2. The van der Waals surface area contributed by atoms with E-state index in [2.05, 4.69) is 17.4 Å². The Morgan fingerprint density at radius 3 is 2.48 bits per heavy atom. The van der Waals surface area contributed by atoms with Crippen molar-refractivity contribution in [1.29, 1.82) is 0 Å². The standard InChI is InChI=1S/C23H31NO3/c1-5-21(27-22-16-17(3)9-10-18(22)4)23(25)24-15-7-8-19-11-13-20(14-12-19)26-6-2/h9-14,16,21H,5-8,15H2,1-4H3,(H,24,25). The van der Waals surface area contributed by atoms with Gasteiger partial charge in [-0.1, -0.05) is 31.2 Å². The van der Waals surface area contributed by atoms with Crippen molar-refractivity contribution in [2.75, 3.05) is 13.2 Å². The highest BCUT2D eigenvalue weighted by Gasteiger charge is 2.18. The first-order valence-corrected chi connectivity index (χ1v) is 9.76. The van der Waals surface area contributed by atoms with Gasteiger partial charge in [0.2, 0.25) is 0 Å².